The Balaban J connectivity index is 1.11. The Morgan fingerprint density at radius 3 is 1.65 bits per heavy atom. The molecular weight excluding hydrogens is 684 g/mol. The van der Waals surface area contributed by atoms with Gasteiger partial charge >= 0.3 is 11.9 Å². The Hall–Kier alpha value is -5.17. The second kappa shape index (κ2) is 16.4. The van der Waals surface area contributed by atoms with E-state index in [0.29, 0.717) is 61.0 Å². The molecule has 2 aliphatic rings. The monoisotopic (exact) mass is 724 g/mol. The first-order valence-corrected chi connectivity index (χ1v) is 17.8. The van der Waals surface area contributed by atoms with E-state index in [1.807, 2.05) is 34.9 Å². The summed E-state index contributed by atoms with van der Waals surface area (Å²) in [6, 6.07) is 16.6. The van der Waals surface area contributed by atoms with Crippen LogP contribution in [0, 0.1) is 6.92 Å². The average molecular weight is 725 g/mol. The van der Waals surface area contributed by atoms with Gasteiger partial charge in [0.05, 0.1) is 10.7 Å². The van der Waals surface area contributed by atoms with E-state index in [2.05, 4.69) is 20.6 Å². The summed E-state index contributed by atoms with van der Waals surface area (Å²) in [7, 11) is 0. The number of nitrogens with zero attached hydrogens (tertiary/aromatic N) is 4. The number of carboxylic acids is 2. The summed E-state index contributed by atoms with van der Waals surface area (Å²) >= 11 is 6.86. The fourth-order valence-corrected chi connectivity index (χ4v) is 7.24. The average Bonchev–Trinajstić information content (AvgIpc) is 3.14. The number of hydrogen-bond donors (Lipinski definition) is 4. The Labute approximate surface area is 306 Å². The summed E-state index contributed by atoms with van der Waals surface area (Å²) in [5.41, 5.74) is 5.22. The number of anilines is 2. The minimum absolute atomic E-state index is 0.192. The van der Waals surface area contributed by atoms with Crippen molar-refractivity contribution in [2.75, 3.05) is 23.7 Å². The molecule has 0 saturated carbocycles. The van der Waals surface area contributed by atoms with Gasteiger partial charge in [-0.15, -0.1) is 0 Å². The third-order valence-electron chi connectivity index (χ3n) is 9.80. The highest BCUT2D eigenvalue weighted by molar-refractivity contribution is 6.36. The standard InChI is InChI=1S/C39H41ClN6O6/c1-24-27(8-6-10-29(24)43-36(47)31-16-14-25(20-41-31)22-45-18-4-2-12-33(45)38(49)50)28-9-7-11-30(35(28)40)44-37(48)32-17-15-26(21-42-32)23-46-19-5-3-13-34(46)39(51)52/h6-11,14-17,20-21,33-34H,2-5,12-13,18-19,22-23H2,1H3,(H,43,47)(H,44,48)(H,49,50)(H,51,52)/t33-,34-/m0/s1. The molecule has 4 heterocycles. The highest BCUT2D eigenvalue weighted by Gasteiger charge is 2.29. The van der Waals surface area contributed by atoms with Crippen molar-refractivity contribution in [2.45, 2.75) is 70.6 Å². The smallest absolute Gasteiger partial charge is 0.320 e. The van der Waals surface area contributed by atoms with E-state index in [-0.39, 0.29) is 11.4 Å². The molecule has 12 nitrogen and oxygen atoms in total. The van der Waals surface area contributed by atoms with Crippen LogP contribution in [-0.2, 0) is 22.7 Å². The Morgan fingerprint density at radius 2 is 1.17 bits per heavy atom. The fourth-order valence-electron chi connectivity index (χ4n) is 6.97. The van der Waals surface area contributed by atoms with E-state index in [9.17, 15) is 29.4 Å². The molecule has 270 valence electrons. The first-order chi connectivity index (χ1) is 25.1. The van der Waals surface area contributed by atoms with Crippen molar-refractivity contribution in [2.24, 2.45) is 0 Å². The molecule has 2 aromatic heterocycles. The summed E-state index contributed by atoms with van der Waals surface area (Å²) < 4.78 is 0. The normalized spacial score (nSPS) is 18.0. The number of likely N-dealkylation sites (tertiary alicyclic amines) is 2. The second-order valence-electron chi connectivity index (χ2n) is 13.3. The SMILES string of the molecule is Cc1c(NC(=O)c2ccc(CN3CCCC[C@H]3C(=O)O)cn2)cccc1-c1cccc(NC(=O)c2ccc(CN3CCCC[C@H]3C(=O)O)cn2)c1Cl. The summed E-state index contributed by atoms with van der Waals surface area (Å²) in [5.74, 6) is -2.48. The molecule has 13 heteroatoms. The number of nitrogens with one attached hydrogen (secondary N) is 2. The van der Waals surface area contributed by atoms with E-state index >= 15 is 0 Å². The molecule has 6 rings (SSSR count). The first kappa shape index (κ1) is 36.6. The maximum atomic E-state index is 13.2. The van der Waals surface area contributed by atoms with E-state index in [1.165, 1.54) is 0 Å². The van der Waals surface area contributed by atoms with Gasteiger partial charge in [0.25, 0.3) is 11.8 Å². The molecule has 2 atom stereocenters. The number of benzene rings is 2. The summed E-state index contributed by atoms with van der Waals surface area (Å²) in [6.45, 7) is 4.17. The van der Waals surface area contributed by atoms with Gasteiger partial charge in [0.1, 0.15) is 23.5 Å². The van der Waals surface area contributed by atoms with Crippen LogP contribution in [0.3, 0.4) is 0 Å². The molecule has 0 aliphatic carbocycles. The molecular formula is C39H41ClN6O6. The van der Waals surface area contributed by atoms with Crippen molar-refractivity contribution in [1.82, 2.24) is 19.8 Å². The Morgan fingerprint density at radius 1 is 0.692 bits per heavy atom. The predicted molar refractivity (Wildman–Crippen MR) is 197 cm³/mol. The van der Waals surface area contributed by atoms with Crippen molar-refractivity contribution in [3.63, 3.8) is 0 Å². The lowest BCUT2D eigenvalue weighted by Gasteiger charge is -2.32. The predicted octanol–water partition coefficient (Wildman–Crippen LogP) is 6.49. The third-order valence-corrected chi connectivity index (χ3v) is 10.2. The molecule has 2 saturated heterocycles. The van der Waals surface area contributed by atoms with Crippen molar-refractivity contribution >= 4 is 46.7 Å². The lowest BCUT2D eigenvalue weighted by molar-refractivity contribution is -0.145. The number of carbonyl (C=O) groups is 4. The number of pyridine rings is 2. The molecule has 0 spiro atoms. The zero-order valence-electron chi connectivity index (χ0n) is 28.8. The van der Waals surface area contributed by atoms with Gasteiger partial charge in [-0.3, -0.25) is 38.9 Å². The number of amides is 2. The number of hydrogen-bond acceptors (Lipinski definition) is 8. The van der Waals surface area contributed by atoms with Crippen LogP contribution < -0.4 is 10.6 Å². The molecule has 2 aliphatic heterocycles. The minimum Gasteiger partial charge on any atom is -0.480 e. The molecule has 0 radical (unpaired) electrons. The van der Waals surface area contributed by atoms with Gasteiger partial charge in [0, 0.05) is 36.7 Å². The van der Waals surface area contributed by atoms with Gasteiger partial charge < -0.3 is 20.8 Å². The van der Waals surface area contributed by atoms with E-state index in [4.69, 9.17) is 11.6 Å². The third kappa shape index (κ3) is 8.47. The topological polar surface area (TPSA) is 165 Å². The van der Waals surface area contributed by atoms with Crippen molar-refractivity contribution < 1.29 is 29.4 Å². The largest absolute Gasteiger partial charge is 0.480 e. The zero-order valence-corrected chi connectivity index (χ0v) is 29.6. The van der Waals surface area contributed by atoms with E-state index in [0.717, 1.165) is 47.9 Å². The number of halogens is 1. The van der Waals surface area contributed by atoms with Crippen molar-refractivity contribution in [3.8, 4) is 11.1 Å². The summed E-state index contributed by atoms with van der Waals surface area (Å²) in [5, 5.41) is 25.3. The lowest BCUT2D eigenvalue weighted by atomic mass is 9.98. The molecule has 2 aromatic carbocycles. The van der Waals surface area contributed by atoms with E-state index < -0.39 is 35.8 Å². The van der Waals surface area contributed by atoms with Crippen LogP contribution in [0.5, 0.6) is 0 Å². The molecule has 2 amide bonds. The molecule has 2 fully saturated rings. The van der Waals surface area contributed by atoms with Gasteiger partial charge in [0.15, 0.2) is 0 Å². The minimum atomic E-state index is -0.822. The Kier molecular flexibility index (Phi) is 11.6. The highest BCUT2D eigenvalue weighted by Crippen LogP contribution is 2.37. The summed E-state index contributed by atoms with van der Waals surface area (Å²) in [4.78, 5) is 62.3. The van der Waals surface area contributed by atoms with Crippen LogP contribution in [0.1, 0.15) is 76.2 Å². The number of carboxylic acid groups (broad SMARTS) is 2. The Bertz CT molecular complexity index is 1810. The quantitative estimate of drug-likeness (QED) is 0.134. The maximum Gasteiger partial charge on any atom is 0.320 e. The van der Waals surface area contributed by atoms with Gasteiger partial charge in [-0.1, -0.05) is 60.8 Å². The number of aromatic nitrogens is 2. The fraction of sp³-hybridized carbons (Fsp3) is 0.333. The molecule has 0 bridgehead atoms. The van der Waals surface area contributed by atoms with Gasteiger partial charge in [-0.05, 0) is 92.2 Å². The second-order valence-corrected chi connectivity index (χ2v) is 13.7. The van der Waals surface area contributed by atoms with Gasteiger partial charge in [-0.25, -0.2) is 0 Å². The lowest BCUT2D eigenvalue weighted by Crippen LogP contribution is -2.44. The molecule has 4 aromatic rings. The van der Waals surface area contributed by atoms with Crippen LogP contribution in [0.4, 0.5) is 11.4 Å². The number of carbonyl (C=O) groups excluding carboxylic acids is 2. The van der Waals surface area contributed by atoms with Crippen molar-refractivity contribution in [3.05, 3.63) is 106 Å². The van der Waals surface area contributed by atoms with Gasteiger partial charge in [-0.2, -0.15) is 0 Å². The van der Waals surface area contributed by atoms with Crippen LogP contribution in [0.25, 0.3) is 11.1 Å². The van der Waals surface area contributed by atoms with Crippen LogP contribution in [-0.4, -0.2) is 78.9 Å². The number of piperidine rings is 2. The van der Waals surface area contributed by atoms with Crippen LogP contribution >= 0.6 is 11.6 Å². The highest BCUT2D eigenvalue weighted by atomic mass is 35.5. The van der Waals surface area contributed by atoms with Crippen LogP contribution in [0.2, 0.25) is 5.02 Å². The molecule has 52 heavy (non-hydrogen) atoms. The molecule has 4 N–H and O–H groups in total. The number of aliphatic carboxylic acids is 2. The van der Waals surface area contributed by atoms with E-state index in [1.54, 1.807) is 54.9 Å². The number of rotatable bonds is 11. The first-order valence-electron chi connectivity index (χ1n) is 17.4. The van der Waals surface area contributed by atoms with Crippen molar-refractivity contribution in [1.29, 1.82) is 0 Å². The van der Waals surface area contributed by atoms with Gasteiger partial charge in [0.2, 0.25) is 0 Å². The zero-order chi connectivity index (χ0) is 36.8. The maximum absolute atomic E-state index is 13.2. The molecule has 0 unspecified atom stereocenters. The van der Waals surface area contributed by atoms with Crippen LogP contribution in [0.15, 0.2) is 73.1 Å². The summed E-state index contributed by atoms with van der Waals surface area (Å²) in [6.07, 6.45) is 8.13.